The number of nitrogens with zero attached hydrogens (tertiary/aromatic N) is 1. The first-order chi connectivity index (χ1) is 7.58. The summed E-state index contributed by atoms with van der Waals surface area (Å²) in [6.45, 7) is 7.27. The van der Waals surface area contributed by atoms with Gasteiger partial charge in [0.15, 0.2) is 0 Å². The van der Waals surface area contributed by atoms with E-state index in [1.807, 2.05) is 6.07 Å². The molecule has 1 heterocycles. The summed E-state index contributed by atoms with van der Waals surface area (Å²) in [5.74, 6) is 0. The van der Waals surface area contributed by atoms with Gasteiger partial charge in [-0.1, -0.05) is 44.2 Å². The second-order valence-electron chi connectivity index (χ2n) is 5.49. The SMILES string of the molecule is CC1(C)CN(Cc2ccccc2)CCC1O. The van der Waals surface area contributed by atoms with Crippen molar-refractivity contribution in [3.63, 3.8) is 0 Å². The Balaban J connectivity index is 1.97. The van der Waals surface area contributed by atoms with Gasteiger partial charge in [-0.05, 0) is 12.0 Å². The van der Waals surface area contributed by atoms with Gasteiger partial charge in [0, 0.05) is 25.0 Å². The molecule has 1 aromatic carbocycles. The molecular formula is C14H21NO. The molecule has 0 bridgehead atoms. The number of hydrogen-bond acceptors (Lipinski definition) is 2. The number of piperidine rings is 1. The van der Waals surface area contributed by atoms with Gasteiger partial charge in [-0.3, -0.25) is 4.90 Å². The standard InChI is InChI=1S/C14H21NO/c1-14(2)11-15(9-8-13(14)16)10-12-6-4-3-5-7-12/h3-7,13,16H,8-11H2,1-2H3. The first-order valence-corrected chi connectivity index (χ1v) is 6.02. The average Bonchev–Trinajstić information content (AvgIpc) is 2.25. The van der Waals surface area contributed by atoms with Crippen molar-refractivity contribution in [2.75, 3.05) is 13.1 Å². The van der Waals surface area contributed by atoms with Gasteiger partial charge in [0.05, 0.1) is 6.10 Å². The van der Waals surface area contributed by atoms with E-state index in [1.165, 1.54) is 5.56 Å². The van der Waals surface area contributed by atoms with Gasteiger partial charge in [0.1, 0.15) is 0 Å². The van der Waals surface area contributed by atoms with E-state index < -0.39 is 0 Å². The number of aliphatic hydroxyl groups excluding tert-OH is 1. The monoisotopic (exact) mass is 219 g/mol. The molecule has 2 rings (SSSR count). The molecule has 1 unspecified atom stereocenters. The number of hydrogen-bond donors (Lipinski definition) is 1. The minimum absolute atomic E-state index is 0.0209. The van der Waals surface area contributed by atoms with Crippen molar-refractivity contribution in [1.82, 2.24) is 4.90 Å². The minimum atomic E-state index is -0.153. The summed E-state index contributed by atoms with van der Waals surface area (Å²) < 4.78 is 0. The smallest absolute Gasteiger partial charge is 0.0615 e. The minimum Gasteiger partial charge on any atom is -0.392 e. The molecule has 1 aromatic rings. The van der Waals surface area contributed by atoms with E-state index in [4.69, 9.17) is 0 Å². The zero-order valence-electron chi connectivity index (χ0n) is 10.2. The molecule has 0 aliphatic carbocycles. The molecule has 0 spiro atoms. The lowest BCUT2D eigenvalue weighted by Crippen LogP contribution is -2.48. The Bertz CT molecular complexity index is 334. The second kappa shape index (κ2) is 4.56. The van der Waals surface area contributed by atoms with Crippen LogP contribution in [0.3, 0.4) is 0 Å². The first kappa shape index (κ1) is 11.6. The van der Waals surface area contributed by atoms with E-state index in [1.54, 1.807) is 0 Å². The fourth-order valence-corrected chi connectivity index (χ4v) is 2.43. The van der Waals surface area contributed by atoms with Crippen LogP contribution in [0.15, 0.2) is 30.3 Å². The average molecular weight is 219 g/mol. The molecular weight excluding hydrogens is 198 g/mol. The lowest BCUT2D eigenvalue weighted by Gasteiger charge is -2.41. The largest absolute Gasteiger partial charge is 0.392 e. The normalized spacial score (nSPS) is 25.6. The molecule has 0 amide bonds. The molecule has 1 N–H and O–H groups in total. The van der Waals surface area contributed by atoms with Crippen LogP contribution in [0.4, 0.5) is 0 Å². The first-order valence-electron chi connectivity index (χ1n) is 6.02. The molecule has 2 heteroatoms. The molecule has 1 atom stereocenters. The highest BCUT2D eigenvalue weighted by Crippen LogP contribution is 2.29. The Morgan fingerprint density at radius 1 is 1.31 bits per heavy atom. The van der Waals surface area contributed by atoms with Gasteiger partial charge >= 0.3 is 0 Å². The van der Waals surface area contributed by atoms with Crippen LogP contribution in [0.2, 0.25) is 0 Å². The molecule has 0 saturated carbocycles. The highest BCUT2D eigenvalue weighted by Gasteiger charge is 2.34. The van der Waals surface area contributed by atoms with Gasteiger partial charge in [0.2, 0.25) is 0 Å². The Hall–Kier alpha value is -0.860. The molecule has 1 fully saturated rings. The third-order valence-corrected chi connectivity index (χ3v) is 3.50. The zero-order chi connectivity index (χ0) is 11.6. The highest BCUT2D eigenvalue weighted by molar-refractivity contribution is 5.14. The number of rotatable bonds is 2. The van der Waals surface area contributed by atoms with Crippen molar-refractivity contribution >= 4 is 0 Å². The Morgan fingerprint density at radius 3 is 2.62 bits per heavy atom. The molecule has 2 nitrogen and oxygen atoms in total. The van der Waals surface area contributed by atoms with Crippen LogP contribution in [-0.4, -0.2) is 29.2 Å². The highest BCUT2D eigenvalue weighted by atomic mass is 16.3. The zero-order valence-corrected chi connectivity index (χ0v) is 10.2. The van der Waals surface area contributed by atoms with Crippen molar-refractivity contribution in [1.29, 1.82) is 0 Å². The van der Waals surface area contributed by atoms with Crippen LogP contribution in [0.1, 0.15) is 25.8 Å². The van der Waals surface area contributed by atoms with Gasteiger partial charge in [-0.15, -0.1) is 0 Å². The van der Waals surface area contributed by atoms with Crippen LogP contribution in [0.25, 0.3) is 0 Å². The van der Waals surface area contributed by atoms with E-state index >= 15 is 0 Å². The second-order valence-corrected chi connectivity index (χ2v) is 5.49. The van der Waals surface area contributed by atoms with Gasteiger partial charge in [0.25, 0.3) is 0 Å². The third-order valence-electron chi connectivity index (χ3n) is 3.50. The van der Waals surface area contributed by atoms with Crippen molar-refractivity contribution in [2.24, 2.45) is 5.41 Å². The van der Waals surface area contributed by atoms with Gasteiger partial charge in [-0.25, -0.2) is 0 Å². The maximum absolute atomic E-state index is 9.89. The van der Waals surface area contributed by atoms with Crippen molar-refractivity contribution < 1.29 is 5.11 Å². The van der Waals surface area contributed by atoms with E-state index in [0.717, 1.165) is 26.1 Å². The van der Waals surface area contributed by atoms with E-state index in [2.05, 4.69) is 43.0 Å². The number of likely N-dealkylation sites (tertiary alicyclic amines) is 1. The van der Waals surface area contributed by atoms with Crippen LogP contribution >= 0.6 is 0 Å². The summed E-state index contributed by atoms with van der Waals surface area (Å²) in [4.78, 5) is 2.43. The topological polar surface area (TPSA) is 23.5 Å². The van der Waals surface area contributed by atoms with Crippen molar-refractivity contribution in [3.05, 3.63) is 35.9 Å². The Morgan fingerprint density at radius 2 is 2.00 bits per heavy atom. The molecule has 16 heavy (non-hydrogen) atoms. The summed E-state index contributed by atoms with van der Waals surface area (Å²) in [6, 6.07) is 10.5. The van der Waals surface area contributed by atoms with Crippen LogP contribution < -0.4 is 0 Å². The van der Waals surface area contributed by atoms with Crippen molar-refractivity contribution in [2.45, 2.75) is 32.9 Å². The quantitative estimate of drug-likeness (QED) is 0.825. The molecule has 1 aliphatic rings. The fourth-order valence-electron chi connectivity index (χ4n) is 2.43. The van der Waals surface area contributed by atoms with Crippen LogP contribution in [0, 0.1) is 5.41 Å². The lowest BCUT2D eigenvalue weighted by atomic mass is 9.81. The van der Waals surface area contributed by atoms with Crippen LogP contribution in [-0.2, 0) is 6.54 Å². The molecule has 88 valence electrons. The third kappa shape index (κ3) is 2.63. The van der Waals surface area contributed by atoms with E-state index in [0.29, 0.717) is 0 Å². The number of aliphatic hydroxyl groups is 1. The van der Waals surface area contributed by atoms with Crippen LogP contribution in [0.5, 0.6) is 0 Å². The summed E-state index contributed by atoms with van der Waals surface area (Å²) in [5, 5.41) is 9.89. The fraction of sp³-hybridized carbons (Fsp3) is 0.571. The van der Waals surface area contributed by atoms with Gasteiger partial charge in [-0.2, -0.15) is 0 Å². The summed E-state index contributed by atoms with van der Waals surface area (Å²) in [7, 11) is 0. The van der Waals surface area contributed by atoms with Crippen molar-refractivity contribution in [3.8, 4) is 0 Å². The Kier molecular flexibility index (Phi) is 3.31. The molecule has 0 radical (unpaired) electrons. The van der Waals surface area contributed by atoms with E-state index in [9.17, 15) is 5.11 Å². The summed E-state index contributed by atoms with van der Waals surface area (Å²) >= 11 is 0. The lowest BCUT2D eigenvalue weighted by molar-refractivity contribution is -0.0270. The maximum atomic E-state index is 9.89. The Labute approximate surface area is 97.9 Å². The van der Waals surface area contributed by atoms with E-state index in [-0.39, 0.29) is 11.5 Å². The predicted octanol–water partition coefficient (Wildman–Crippen LogP) is 2.28. The predicted molar refractivity (Wildman–Crippen MR) is 66.1 cm³/mol. The molecule has 1 aliphatic heterocycles. The molecule has 1 saturated heterocycles. The number of benzene rings is 1. The summed E-state index contributed by atoms with van der Waals surface area (Å²) in [5.41, 5.74) is 1.38. The van der Waals surface area contributed by atoms with Gasteiger partial charge < -0.3 is 5.11 Å². The molecule has 0 aromatic heterocycles. The summed E-state index contributed by atoms with van der Waals surface area (Å²) in [6.07, 6.45) is 0.736. The maximum Gasteiger partial charge on any atom is 0.0615 e.